The Bertz CT molecular complexity index is 1430. The molecule has 3 aromatic rings. The van der Waals surface area contributed by atoms with E-state index in [-0.39, 0.29) is 27.9 Å². The lowest BCUT2D eigenvalue weighted by Crippen LogP contribution is -2.35. The van der Waals surface area contributed by atoms with E-state index in [1.165, 1.54) is 36.5 Å². The Labute approximate surface area is 214 Å². The van der Waals surface area contributed by atoms with Crippen LogP contribution < -0.4 is 15.8 Å². The number of rotatable bonds is 9. The fourth-order valence-corrected chi connectivity index (χ4v) is 4.68. The van der Waals surface area contributed by atoms with Crippen LogP contribution in [0.3, 0.4) is 0 Å². The highest BCUT2D eigenvalue weighted by Crippen LogP contribution is 2.36. The van der Waals surface area contributed by atoms with E-state index in [1.807, 2.05) is 30.6 Å². The Morgan fingerprint density at radius 2 is 1.89 bits per heavy atom. The number of carbonyl (C=O) groups is 2. The number of primary amides is 1. The summed E-state index contributed by atoms with van der Waals surface area (Å²) in [5.41, 5.74) is 7.13. The van der Waals surface area contributed by atoms with E-state index in [2.05, 4.69) is 15.4 Å². The van der Waals surface area contributed by atoms with Gasteiger partial charge in [-0.2, -0.15) is 13.5 Å². The smallest absolute Gasteiger partial charge is 0.333 e. The number of urea groups is 1. The zero-order chi connectivity index (χ0) is 27.5. The molecule has 1 aromatic carbocycles. The number of hydrogen-bond acceptors (Lipinski definition) is 7. The maximum absolute atomic E-state index is 14.6. The topological polar surface area (TPSA) is 152 Å². The minimum atomic E-state index is -4.32. The first-order valence-electron chi connectivity index (χ1n) is 11.5. The molecule has 3 amide bonds. The maximum atomic E-state index is 14.6. The third kappa shape index (κ3) is 6.49. The van der Waals surface area contributed by atoms with Crippen LogP contribution in [0.5, 0.6) is 0 Å². The minimum absolute atomic E-state index is 0.0501. The molecule has 198 valence electrons. The second kappa shape index (κ2) is 11.0. The first-order valence-corrected chi connectivity index (χ1v) is 13.0. The number of carbonyl (C=O) groups excluding carboxylic acids is 2. The molecule has 0 unspecified atom stereocenters. The lowest BCUT2D eigenvalue weighted by Gasteiger charge is -2.19. The van der Waals surface area contributed by atoms with E-state index >= 15 is 0 Å². The van der Waals surface area contributed by atoms with Gasteiger partial charge in [0.05, 0.1) is 11.4 Å². The van der Waals surface area contributed by atoms with Gasteiger partial charge in [0.15, 0.2) is 5.03 Å². The number of nitrogens with zero attached hydrogens (tertiary/aromatic N) is 4. The van der Waals surface area contributed by atoms with Crippen molar-refractivity contribution in [3.05, 3.63) is 59.3 Å². The lowest BCUT2D eigenvalue weighted by atomic mass is 9.94. The first-order chi connectivity index (χ1) is 17.3. The van der Waals surface area contributed by atoms with Gasteiger partial charge in [0.2, 0.25) is 0 Å². The minimum Gasteiger partial charge on any atom is -0.364 e. The van der Waals surface area contributed by atoms with Gasteiger partial charge in [0.1, 0.15) is 11.5 Å². The SMILES string of the molecule is CCn1nc(S(=O)(=O)NC(=O)Nc2c(-c3ccnc(C(N)=O)c3)cc(F)cc2C(C)C)cc1CN(C)C. The highest BCUT2D eigenvalue weighted by molar-refractivity contribution is 7.90. The van der Waals surface area contributed by atoms with Crippen molar-refractivity contribution < 1.29 is 22.4 Å². The third-order valence-electron chi connectivity index (χ3n) is 5.44. The highest BCUT2D eigenvalue weighted by atomic mass is 32.2. The summed E-state index contributed by atoms with van der Waals surface area (Å²) >= 11 is 0. The predicted octanol–water partition coefficient (Wildman–Crippen LogP) is 2.90. The van der Waals surface area contributed by atoms with Gasteiger partial charge in [-0.3, -0.25) is 14.5 Å². The summed E-state index contributed by atoms with van der Waals surface area (Å²) < 4.78 is 44.0. The molecule has 0 fully saturated rings. The van der Waals surface area contributed by atoms with E-state index in [0.717, 1.165) is 0 Å². The fraction of sp³-hybridized carbons (Fsp3) is 0.333. The van der Waals surface area contributed by atoms with Crippen LogP contribution in [-0.2, 0) is 23.1 Å². The van der Waals surface area contributed by atoms with Crippen LogP contribution in [0.4, 0.5) is 14.9 Å². The number of amides is 3. The van der Waals surface area contributed by atoms with Crippen molar-refractivity contribution >= 4 is 27.6 Å². The number of aryl methyl sites for hydroxylation is 1. The van der Waals surface area contributed by atoms with Gasteiger partial charge in [-0.05, 0) is 62.3 Å². The Hall–Kier alpha value is -3.84. The molecule has 3 rings (SSSR count). The summed E-state index contributed by atoms with van der Waals surface area (Å²) in [5.74, 6) is -1.60. The summed E-state index contributed by atoms with van der Waals surface area (Å²) in [6.07, 6.45) is 1.33. The highest BCUT2D eigenvalue weighted by Gasteiger charge is 2.25. The van der Waals surface area contributed by atoms with Gasteiger partial charge in [0, 0.05) is 30.9 Å². The van der Waals surface area contributed by atoms with Gasteiger partial charge in [0.25, 0.3) is 15.9 Å². The molecule has 0 spiro atoms. The Kier molecular flexibility index (Phi) is 8.28. The molecular weight excluding hydrogens is 501 g/mol. The molecule has 0 aliphatic rings. The Balaban J connectivity index is 1.99. The second-order valence-corrected chi connectivity index (χ2v) is 10.6. The van der Waals surface area contributed by atoms with Crippen LogP contribution in [0.25, 0.3) is 11.1 Å². The number of halogens is 1. The quantitative estimate of drug-likeness (QED) is 0.384. The van der Waals surface area contributed by atoms with Gasteiger partial charge in [-0.25, -0.2) is 13.9 Å². The summed E-state index contributed by atoms with van der Waals surface area (Å²) in [4.78, 5) is 30.3. The van der Waals surface area contributed by atoms with Gasteiger partial charge in [-0.15, -0.1) is 0 Å². The summed E-state index contributed by atoms with van der Waals surface area (Å²) in [5, 5.41) is 6.37. The maximum Gasteiger partial charge on any atom is 0.333 e. The number of aromatic nitrogens is 3. The van der Waals surface area contributed by atoms with Crippen molar-refractivity contribution in [3.63, 3.8) is 0 Å². The predicted molar refractivity (Wildman–Crippen MR) is 137 cm³/mol. The van der Waals surface area contributed by atoms with Gasteiger partial charge in [-0.1, -0.05) is 13.8 Å². The van der Waals surface area contributed by atoms with Crippen LogP contribution in [0.2, 0.25) is 0 Å². The number of benzene rings is 1. The molecule has 13 heteroatoms. The third-order valence-corrected chi connectivity index (χ3v) is 6.64. The molecule has 0 atom stereocenters. The molecule has 4 N–H and O–H groups in total. The summed E-state index contributed by atoms with van der Waals surface area (Å²) in [6.45, 7) is 6.32. The van der Waals surface area contributed by atoms with E-state index in [4.69, 9.17) is 5.73 Å². The monoisotopic (exact) mass is 531 g/mol. The first kappa shape index (κ1) is 27.7. The largest absolute Gasteiger partial charge is 0.364 e. The van der Waals surface area contributed by atoms with Crippen molar-refractivity contribution in [3.8, 4) is 11.1 Å². The molecule has 11 nitrogen and oxygen atoms in total. The van der Waals surface area contributed by atoms with E-state index < -0.39 is 27.8 Å². The van der Waals surface area contributed by atoms with Crippen LogP contribution in [-0.4, -0.2) is 54.1 Å². The van der Waals surface area contributed by atoms with Gasteiger partial charge >= 0.3 is 6.03 Å². The van der Waals surface area contributed by atoms with Crippen molar-refractivity contribution in [1.29, 1.82) is 0 Å². The van der Waals surface area contributed by atoms with E-state index in [9.17, 15) is 22.4 Å². The standard InChI is InChI=1S/C24H30FN7O4S/c1-6-32-17(13-31(4)5)12-21(29-32)37(35,36)30-24(34)28-22-18(14(2)3)10-16(25)11-19(22)15-7-8-27-20(9-15)23(26)33/h7-12,14H,6,13H2,1-5H3,(H2,26,33)(H2,28,30,34). The average molecular weight is 532 g/mol. The lowest BCUT2D eigenvalue weighted by molar-refractivity contribution is 0.0995. The molecule has 0 aliphatic carbocycles. The van der Waals surface area contributed by atoms with Gasteiger partial charge < -0.3 is 16.0 Å². The molecule has 0 saturated carbocycles. The molecule has 0 saturated heterocycles. The fourth-order valence-electron chi connectivity index (χ4n) is 3.78. The molecule has 0 radical (unpaired) electrons. The molecular formula is C24H30FN7O4S. The number of anilines is 1. The zero-order valence-electron chi connectivity index (χ0n) is 21.2. The zero-order valence-corrected chi connectivity index (χ0v) is 22.1. The van der Waals surface area contributed by atoms with Crippen LogP contribution in [0, 0.1) is 5.82 Å². The van der Waals surface area contributed by atoms with E-state index in [1.54, 1.807) is 18.5 Å². The Morgan fingerprint density at radius 1 is 1.19 bits per heavy atom. The van der Waals surface area contributed by atoms with E-state index in [0.29, 0.717) is 29.9 Å². The molecule has 2 heterocycles. The normalized spacial score (nSPS) is 11.7. The molecule has 0 bridgehead atoms. The van der Waals surface area contributed by atoms with Crippen molar-refractivity contribution in [2.45, 2.75) is 44.8 Å². The number of pyridine rings is 1. The van der Waals surface area contributed by atoms with Crippen molar-refractivity contribution in [2.75, 3.05) is 19.4 Å². The Morgan fingerprint density at radius 3 is 2.49 bits per heavy atom. The van der Waals surface area contributed by atoms with Crippen LogP contribution >= 0.6 is 0 Å². The molecule has 37 heavy (non-hydrogen) atoms. The molecule has 0 aliphatic heterocycles. The number of nitrogens with two attached hydrogens (primary N) is 1. The van der Waals surface area contributed by atoms with Crippen molar-refractivity contribution in [2.24, 2.45) is 5.73 Å². The second-order valence-electron chi connectivity index (χ2n) is 8.95. The van der Waals surface area contributed by atoms with Crippen LogP contribution in [0.1, 0.15) is 48.4 Å². The summed E-state index contributed by atoms with van der Waals surface area (Å²) in [7, 11) is -0.638. The van der Waals surface area contributed by atoms with Crippen molar-refractivity contribution in [1.82, 2.24) is 24.4 Å². The summed E-state index contributed by atoms with van der Waals surface area (Å²) in [6, 6.07) is 5.67. The number of hydrogen-bond donors (Lipinski definition) is 3. The van der Waals surface area contributed by atoms with Crippen LogP contribution in [0.15, 0.2) is 41.6 Å². The molecule has 2 aromatic heterocycles. The number of nitrogens with one attached hydrogen (secondary N) is 2. The average Bonchev–Trinajstić information content (AvgIpc) is 3.22. The number of sulfonamides is 1.